The van der Waals surface area contributed by atoms with Crippen molar-refractivity contribution < 1.29 is 14.1 Å². The van der Waals surface area contributed by atoms with Gasteiger partial charge in [-0.1, -0.05) is 0 Å². The Labute approximate surface area is 120 Å². The van der Waals surface area contributed by atoms with Gasteiger partial charge in [0.15, 0.2) is 0 Å². The van der Waals surface area contributed by atoms with Crippen molar-refractivity contribution in [3.63, 3.8) is 0 Å². The number of carbonyl (C=O) groups excluding carboxylic acids is 1. The summed E-state index contributed by atoms with van der Waals surface area (Å²) < 4.78 is 12.0. The quantitative estimate of drug-likeness (QED) is 0.834. The Morgan fingerprint density at radius 3 is 2.25 bits per heavy atom. The molecule has 0 aliphatic carbocycles. The molecule has 0 spiro atoms. The third kappa shape index (κ3) is 2.71. The zero-order valence-corrected chi connectivity index (χ0v) is 12.9. The van der Waals surface area contributed by atoms with Crippen molar-refractivity contribution in [1.29, 1.82) is 0 Å². The third-order valence-corrected chi connectivity index (χ3v) is 3.96. The summed E-state index contributed by atoms with van der Waals surface area (Å²) >= 11 is 0. The molecule has 0 saturated carbocycles. The smallest absolute Gasteiger partial charge is 0.399 e. The number of nitrogens with zero attached hydrogens (tertiary/aromatic N) is 1. The van der Waals surface area contributed by atoms with Crippen LogP contribution in [0.25, 0.3) is 0 Å². The van der Waals surface area contributed by atoms with Crippen molar-refractivity contribution >= 4 is 24.3 Å². The molecule has 1 aliphatic rings. The van der Waals surface area contributed by atoms with Crippen LogP contribution in [0.15, 0.2) is 12.3 Å². The van der Waals surface area contributed by atoms with E-state index < -0.39 is 7.12 Å². The average molecular weight is 276 g/mol. The van der Waals surface area contributed by atoms with E-state index in [4.69, 9.17) is 9.31 Å². The van der Waals surface area contributed by atoms with Gasteiger partial charge in [-0.15, -0.1) is 0 Å². The van der Waals surface area contributed by atoms with Gasteiger partial charge in [0.05, 0.1) is 11.2 Å². The highest BCUT2D eigenvalue weighted by atomic mass is 16.7. The number of amides is 1. The van der Waals surface area contributed by atoms with Gasteiger partial charge in [-0.2, -0.15) is 0 Å². The normalized spacial score (nSPS) is 20.0. The molecule has 6 heteroatoms. The molecule has 0 radical (unpaired) electrons. The molecule has 5 nitrogen and oxygen atoms in total. The second-order valence-electron chi connectivity index (χ2n) is 6.20. The highest BCUT2D eigenvalue weighted by molar-refractivity contribution is 6.62. The number of carbonyl (C=O) groups is 1. The van der Waals surface area contributed by atoms with Crippen molar-refractivity contribution in [3.05, 3.63) is 17.8 Å². The zero-order chi connectivity index (χ0) is 15.1. The number of rotatable bonds is 2. The fourth-order valence-corrected chi connectivity index (χ4v) is 2.03. The number of hydrogen-bond acceptors (Lipinski definition) is 4. The second kappa shape index (κ2) is 4.86. The summed E-state index contributed by atoms with van der Waals surface area (Å²) in [6, 6.07) is 1.82. The highest BCUT2D eigenvalue weighted by Crippen LogP contribution is 2.36. The maximum Gasteiger partial charge on any atom is 0.496 e. The number of pyridine rings is 1. The average Bonchev–Trinajstić information content (AvgIpc) is 2.46. The summed E-state index contributed by atoms with van der Waals surface area (Å²) in [5.41, 5.74) is 1.11. The molecule has 1 N–H and O–H groups in total. The lowest BCUT2D eigenvalue weighted by Crippen LogP contribution is -2.41. The van der Waals surface area contributed by atoms with Crippen LogP contribution in [0.4, 0.5) is 5.82 Å². The summed E-state index contributed by atoms with van der Waals surface area (Å²) in [6.45, 7) is 11.5. The molecular weight excluding hydrogens is 255 g/mol. The predicted octanol–water partition coefficient (Wildman–Crippen LogP) is 1.65. The first kappa shape index (κ1) is 15.0. The molecule has 1 aromatic heterocycles. The molecule has 1 amide bonds. The molecule has 1 aliphatic heterocycles. The van der Waals surface area contributed by atoms with Gasteiger partial charge in [0.25, 0.3) is 0 Å². The van der Waals surface area contributed by atoms with Crippen molar-refractivity contribution in [1.82, 2.24) is 4.98 Å². The molecule has 1 fully saturated rings. The van der Waals surface area contributed by atoms with E-state index in [-0.39, 0.29) is 17.1 Å². The van der Waals surface area contributed by atoms with Gasteiger partial charge in [0, 0.05) is 18.6 Å². The lowest BCUT2D eigenvalue weighted by atomic mass is 9.77. The number of hydrogen-bond donors (Lipinski definition) is 1. The van der Waals surface area contributed by atoms with Crippen LogP contribution >= 0.6 is 0 Å². The summed E-state index contributed by atoms with van der Waals surface area (Å²) in [6.07, 6.45) is 1.70. The van der Waals surface area contributed by atoms with Crippen LogP contribution in [-0.4, -0.2) is 29.2 Å². The Kier molecular flexibility index (Phi) is 3.65. The van der Waals surface area contributed by atoms with E-state index in [0.29, 0.717) is 5.82 Å². The second-order valence-corrected chi connectivity index (χ2v) is 6.20. The number of aromatic nitrogens is 1. The first-order valence-corrected chi connectivity index (χ1v) is 6.72. The Bertz CT molecular complexity index is 527. The van der Waals surface area contributed by atoms with Gasteiger partial charge in [-0.3, -0.25) is 4.79 Å². The Morgan fingerprint density at radius 1 is 1.25 bits per heavy atom. The number of aryl methyl sites for hydroxylation is 1. The fourth-order valence-electron chi connectivity index (χ4n) is 2.03. The van der Waals surface area contributed by atoms with E-state index in [2.05, 4.69) is 10.3 Å². The van der Waals surface area contributed by atoms with E-state index in [1.807, 2.05) is 40.7 Å². The van der Waals surface area contributed by atoms with Gasteiger partial charge < -0.3 is 14.6 Å². The van der Waals surface area contributed by atoms with E-state index in [9.17, 15) is 4.79 Å². The minimum Gasteiger partial charge on any atom is -0.399 e. The van der Waals surface area contributed by atoms with Crippen molar-refractivity contribution in [2.24, 2.45) is 0 Å². The van der Waals surface area contributed by atoms with Gasteiger partial charge in [-0.25, -0.2) is 4.98 Å². The predicted molar refractivity (Wildman–Crippen MR) is 79.0 cm³/mol. The van der Waals surface area contributed by atoms with Crippen LogP contribution in [-0.2, 0) is 14.1 Å². The molecular formula is C14H21BN2O3. The maximum atomic E-state index is 11.0. The van der Waals surface area contributed by atoms with Crippen LogP contribution in [0.2, 0.25) is 0 Å². The first-order chi connectivity index (χ1) is 9.12. The summed E-state index contributed by atoms with van der Waals surface area (Å²) in [4.78, 5) is 15.3. The Hall–Kier alpha value is -1.40. The molecule has 108 valence electrons. The highest BCUT2D eigenvalue weighted by Gasteiger charge is 2.52. The van der Waals surface area contributed by atoms with E-state index in [1.165, 1.54) is 6.92 Å². The molecule has 2 rings (SSSR count). The monoisotopic (exact) mass is 276 g/mol. The summed E-state index contributed by atoms with van der Waals surface area (Å²) in [5, 5.41) is 2.66. The third-order valence-electron chi connectivity index (χ3n) is 3.96. The van der Waals surface area contributed by atoms with Crippen LogP contribution < -0.4 is 10.8 Å². The van der Waals surface area contributed by atoms with Crippen molar-refractivity contribution in [2.75, 3.05) is 5.32 Å². The molecule has 0 bridgehead atoms. The summed E-state index contributed by atoms with van der Waals surface area (Å²) in [5.74, 6) is 0.399. The molecule has 2 heterocycles. The van der Waals surface area contributed by atoms with Gasteiger partial charge in [-0.05, 0) is 46.2 Å². The zero-order valence-electron chi connectivity index (χ0n) is 12.9. The number of anilines is 1. The topological polar surface area (TPSA) is 60.5 Å². The summed E-state index contributed by atoms with van der Waals surface area (Å²) in [7, 11) is -0.432. The fraction of sp³-hybridized carbons (Fsp3) is 0.571. The standard InChI is InChI=1S/C14H21BN2O3/c1-9-7-12(17-10(2)18)16-8-11(9)15-19-13(3,4)14(5,6)20-15/h7-8H,1-6H3,(H,16,17,18). The van der Waals surface area contributed by atoms with Crippen LogP contribution in [0.5, 0.6) is 0 Å². The molecule has 20 heavy (non-hydrogen) atoms. The maximum absolute atomic E-state index is 11.0. The minimum absolute atomic E-state index is 0.139. The lowest BCUT2D eigenvalue weighted by Gasteiger charge is -2.32. The molecule has 1 aromatic rings. The van der Waals surface area contributed by atoms with Gasteiger partial charge in [0.1, 0.15) is 5.82 Å². The minimum atomic E-state index is -0.432. The first-order valence-electron chi connectivity index (χ1n) is 6.72. The van der Waals surface area contributed by atoms with E-state index >= 15 is 0 Å². The van der Waals surface area contributed by atoms with Gasteiger partial charge in [0.2, 0.25) is 5.91 Å². The molecule has 0 unspecified atom stereocenters. The number of nitrogens with one attached hydrogen (secondary N) is 1. The molecule has 0 aromatic carbocycles. The van der Waals surface area contributed by atoms with Crippen LogP contribution in [0.1, 0.15) is 40.2 Å². The Morgan fingerprint density at radius 2 is 1.80 bits per heavy atom. The van der Waals surface area contributed by atoms with E-state index in [1.54, 1.807) is 6.20 Å². The largest absolute Gasteiger partial charge is 0.496 e. The van der Waals surface area contributed by atoms with Crippen molar-refractivity contribution in [3.8, 4) is 0 Å². The van der Waals surface area contributed by atoms with Crippen LogP contribution in [0, 0.1) is 6.92 Å². The SMILES string of the molecule is CC(=O)Nc1cc(C)c(B2OC(C)(C)C(C)(C)O2)cn1. The van der Waals surface area contributed by atoms with Gasteiger partial charge >= 0.3 is 7.12 Å². The van der Waals surface area contributed by atoms with Crippen molar-refractivity contribution in [2.45, 2.75) is 52.7 Å². The lowest BCUT2D eigenvalue weighted by molar-refractivity contribution is -0.114. The molecule has 0 atom stereocenters. The Balaban J connectivity index is 2.25. The van der Waals surface area contributed by atoms with Crippen LogP contribution in [0.3, 0.4) is 0 Å². The molecule has 1 saturated heterocycles. The van der Waals surface area contributed by atoms with E-state index in [0.717, 1.165) is 11.0 Å².